The summed E-state index contributed by atoms with van der Waals surface area (Å²) in [6.45, 7) is -0.112. The topological polar surface area (TPSA) is 46.2 Å². The van der Waals surface area contributed by atoms with Gasteiger partial charge in [-0.2, -0.15) is 0 Å². The molecule has 2 unspecified atom stereocenters. The van der Waals surface area contributed by atoms with Gasteiger partial charge < -0.3 is 10.8 Å². The minimum absolute atomic E-state index is 0.00347. The van der Waals surface area contributed by atoms with Crippen LogP contribution in [0, 0.1) is 0 Å². The molecule has 0 aliphatic heterocycles. The molecule has 0 bridgehead atoms. The van der Waals surface area contributed by atoms with Gasteiger partial charge in [-0.25, -0.2) is 8.78 Å². The van der Waals surface area contributed by atoms with Gasteiger partial charge in [-0.1, -0.05) is 0 Å². The number of allylic oxidation sites excluding steroid dienone is 3. The van der Waals surface area contributed by atoms with E-state index in [2.05, 4.69) is 0 Å². The molecule has 0 spiro atoms. The molecule has 3 N–H and O–H groups in total. The van der Waals surface area contributed by atoms with E-state index in [1.165, 1.54) is 6.08 Å². The number of halogens is 2. The van der Waals surface area contributed by atoms with Gasteiger partial charge in [0.25, 0.3) is 0 Å². The SMILES string of the molecule is NC(CCO)C1=C(F)C=CC(F)C1. The lowest BCUT2D eigenvalue weighted by atomic mass is 9.95. The summed E-state index contributed by atoms with van der Waals surface area (Å²) < 4.78 is 25.9. The number of alkyl halides is 1. The van der Waals surface area contributed by atoms with E-state index >= 15 is 0 Å². The summed E-state index contributed by atoms with van der Waals surface area (Å²) in [4.78, 5) is 0. The van der Waals surface area contributed by atoms with Crippen molar-refractivity contribution in [2.45, 2.75) is 25.1 Å². The highest BCUT2D eigenvalue weighted by atomic mass is 19.1. The Hall–Kier alpha value is -0.740. The fourth-order valence-corrected chi connectivity index (χ4v) is 1.31. The third kappa shape index (κ3) is 2.60. The van der Waals surface area contributed by atoms with Crippen molar-refractivity contribution < 1.29 is 13.9 Å². The largest absolute Gasteiger partial charge is 0.396 e. The Labute approximate surface area is 75.7 Å². The van der Waals surface area contributed by atoms with Crippen LogP contribution in [0.5, 0.6) is 0 Å². The molecule has 2 nitrogen and oxygen atoms in total. The average molecular weight is 189 g/mol. The molecule has 0 saturated heterocycles. The van der Waals surface area contributed by atoms with E-state index in [1.54, 1.807) is 0 Å². The second kappa shape index (κ2) is 4.48. The lowest BCUT2D eigenvalue weighted by Crippen LogP contribution is -2.27. The fourth-order valence-electron chi connectivity index (χ4n) is 1.31. The molecule has 1 aliphatic carbocycles. The first-order valence-electron chi connectivity index (χ1n) is 4.22. The number of aliphatic hydroxyl groups is 1. The molecule has 13 heavy (non-hydrogen) atoms. The zero-order valence-corrected chi connectivity index (χ0v) is 7.21. The van der Waals surface area contributed by atoms with Crippen molar-refractivity contribution >= 4 is 0 Å². The Kier molecular flexibility index (Phi) is 3.57. The van der Waals surface area contributed by atoms with E-state index in [0.29, 0.717) is 0 Å². The van der Waals surface area contributed by atoms with E-state index in [0.717, 1.165) is 6.08 Å². The summed E-state index contributed by atoms with van der Waals surface area (Å²) >= 11 is 0. The molecule has 0 saturated carbocycles. The van der Waals surface area contributed by atoms with Gasteiger partial charge in [0, 0.05) is 19.1 Å². The van der Waals surface area contributed by atoms with Gasteiger partial charge in [-0.3, -0.25) is 0 Å². The second-order valence-corrected chi connectivity index (χ2v) is 3.07. The minimum Gasteiger partial charge on any atom is -0.396 e. The van der Waals surface area contributed by atoms with Crippen molar-refractivity contribution in [1.82, 2.24) is 0 Å². The van der Waals surface area contributed by atoms with Crippen molar-refractivity contribution in [3.63, 3.8) is 0 Å². The maximum Gasteiger partial charge on any atom is 0.123 e. The normalized spacial score (nSPS) is 25.1. The fraction of sp³-hybridized carbons (Fsp3) is 0.556. The Morgan fingerprint density at radius 2 is 2.38 bits per heavy atom. The van der Waals surface area contributed by atoms with Crippen molar-refractivity contribution in [2.24, 2.45) is 5.73 Å². The molecule has 0 fully saturated rings. The van der Waals surface area contributed by atoms with Crippen LogP contribution in [0.25, 0.3) is 0 Å². The summed E-state index contributed by atoms with van der Waals surface area (Å²) in [6.07, 6.45) is 1.39. The third-order valence-electron chi connectivity index (χ3n) is 2.06. The molecular formula is C9H13F2NO. The van der Waals surface area contributed by atoms with Gasteiger partial charge in [-0.15, -0.1) is 0 Å². The Morgan fingerprint density at radius 3 is 3.00 bits per heavy atom. The standard InChI is InChI=1S/C9H13F2NO/c10-6-1-2-8(11)7(5-6)9(12)3-4-13/h1-2,6,9,13H,3-5,12H2. The molecule has 0 heterocycles. The molecule has 0 aromatic heterocycles. The van der Waals surface area contributed by atoms with Crippen LogP contribution < -0.4 is 5.73 Å². The second-order valence-electron chi connectivity index (χ2n) is 3.07. The highest BCUT2D eigenvalue weighted by Gasteiger charge is 2.20. The van der Waals surface area contributed by atoms with Crippen molar-refractivity contribution in [1.29, 1.82) is 0 Å². The van der Waals surface area contributed by atoms with Gasteiger partial charge in [0.15, 0.2) is 0 Å². The zero-order chi connectivity index (χ0) is 9.84. The third-order valence-corrected chi connectivity index (χ3v) is 2.06. The Balaban J connectivity index is 2.70. The minimum atomic E-state index is -1.15. The zero-order valence-electron chi connectivity index (χ0n) is 7.21. The lowest BCUT2D eigenvalue weighted by Gasteiger charge is -2.19. The van der Waals surface area contributed by atoms with E-state index in [9.17, 15) is 8.78 Å². The van der Waals surface area contributed by atoms with Gasteiger partial charge >= 0.3 is 0 Å². The highest BCUT2D eigenvalue weighted by molar-refractivity contribution is 5.29. The predicted octanol–water partition coefficient (Wildman–Crippen LogP) is 1.22. The van der Waals surface area contributed by atoms with Crippen molar-refractivity contribution in [2.75, 3.05) is 6.61 Å². The van der Waals surface area contributed by atoms with E-state index in [1.807, 2.05) is 0 Å². The Morgan fingerprint density at radius 1 is 1.69 bits per heavy atom. The number of hydrogen-bond acceptors (Lipinski definition) is 2. The molecule has 0 aromatic carbocycles. The first-order valence-corrected chi connectivity index (χ1v) is 4.22. The van der Waals surface area contributed by atoms with E-state index in [-0.39, 0.29) is 25.0 Å². The van der Waals surface area contributed by atoms with E-state index < -0.39 is 18.0 Å². The molecular weight excluding hydrogens is 176 g/mol. The van der Waals surface area contributed by atoms with Crippen molar-refractivity contribution in [3.05, 3.63) is 23.6 Å². The van der Waals surface area contributed by atoms with Gasteiger partial charge in [0.05, 0.1) is 0 Å². The van der Waals surface area contributed by atoms with Gasteiger partial charge in [0.2, 0.25) is 0 Å². The maximum atomic E-state index is 13.1. The van der Waals surface area contributed by atoms with Crippen LogP contribution in [0.1, 0.15) is 12.8 Å². The molecule has 74 valence electrons. The van der Waals surface area contributed by atoms with Crippen LogP contribution >= 0.6 is 0 Å². The molecule has 1 aliphatic rings. The maximum absolute atomic E-state index is 13.1. The molecule has 0 amide bonds. The lowest BCUT2D eigenvalue weighted by molar-refractivity contribution is 0.277. The quantitative estimate of drug-likeness (QED) is 0.701. The van der Waals surface area contributed by atoms with Crippen LogP contribution in [0.3, 0.4) is 0 Å². The van der Waals surface area contributed by atoms with Gasteiger partial charge in [0.1, 0.15) is 12.0 Å². The average Bonchev–Trinajstić information content (AvgIpc) is 2.09. The molecule has 1 rings (SSSR count). The number of aliphatic hydroxyl groups excluding tert-OH is 1. The molecule has 4 heteroatoms. The smallest absolute Gasteiger partial charge is 0.123 e. The number of hydrogen-bond donors (Lipinski definition) is 2. The summed E-state index contributed by atoms with van der Waals surface area (Å²) in [6, 6.07) is -0.576. The summed E-state index contributed by atoms with van der Waals surface area (Å²) in [5.74, 6) is -0.463. The number of rotatable bonds is 3. The predicted molar refractivity (Wildman–Crippen MR) is 46.5 cm³/mol. The van der Waals surface area contributed by atoms with Crippen molar-refractivity contribution in [3.8, 4) is 0 Å². The Bertz CT molecular complexity index is 238. The van der Waals surface area contributed by atoms with Crippen LogP contribution in [-0.2, 0) is 0 Å². The molecule has 2 atom stereocenters. The van der Waals surface area contributed by atoms with Crippen LogP contribution in [-0.4, -0.2) is 23.9 Å². The van der Waals surface area contributed by atoms with Gasteiger partial charge in [-0.05, 0) is 24.1 Å². The van der Waals surface area contributed by atoms with Crippen LogP contribution in [0.15, 0.2) is 23.6 Å². The first kappa shape index (κ1) is 10.3. The summed E-state index contributed by atoms with van der Waals surface area (Å²) in [7, 11) is 0. The van der Waals surface area contributed by atoms with Crippen LogP contribution in [0.2, 0.25) is 0 Å². The first-order chi connectivity index (χ1) is 6.15. The highest BCUT2D eigenvalue weighted by Crippen LogP contribution is 2.25. The molecule has 0 aromatic rings. The molecule has 0 radical (unpaired) electrons. The number of nitrogens with two attached hydrogens (primary N) is 1. The van der Waals surface area contributed by atoms with Crippen LogP contribution in [0.4, 0.5) is 8.78 Å². The van der Waals surface area contributed by atoms with E-state index in [4.69, 9.17) is 10.8 Å². The summed E-state index contributed by atoms with van der Waals surface area (Å²) in [5.41, 5.74) is 5.82. The monoisotopic (exact) mass is 189 g/mol. The summed E-state index contributed by atoms with van der Waals surface area (Å²) in [5, 5.41) is 8.58.